The first-order chi connectivity index (χ1) is 11.8. The van der Waals surface area contributed by atoms with E-state index in [-0.39, 0.29) is 10.6 Å². The smallest absolute Gasteiger partial charge is 0.306 e. The Morgan fingerprint density at radius 3 is 2.44 bits per heavy atom. The number of nitro benzene ring substituents is 1. The van der Waals surface area contributed by atoms with Crippen molar-refractivity contribution < 1.29 is 27.2 Å². The maximum absolute atomic E-state index is 13.3. The average molecular weight is 370 g/mol. The third-order valence-electron chi connectivity index (χ3n) is 3.09. The van der Waals surface area contributed by atoms with Gasteiger partial charge in [-0.1, -0.05) is 0 Å². The highest BCUT2D eigenvalue weighted by molar-refractivity contribution is 7.92. The van der Waals surface area contributed by atoms with Crippen molar-refractivity contribution in [1.29, 1.82) is 0 Å². The van der Waals surface area contributed by atoms with Crippen molar-refractivity contribution in [3.05, 3.63) is 58.4 Å². The third kappa shape index (κ3) is 4.88. The second-order valence-electron chi connectivity index (χ2n) is 4.84. The molecule has 0 heterocycles. The molecule has 0 amide bonds. The normalized spacial score (nSPS) is 11.1. The monoisotopic (exact) mass is 370 g/mol. The van der Waals surface area contributed by atoms with Crippen molar-refractivity contribution in [2.45, 2.75) is 4.90 Å². The average Bonchev–Trinajstić information content (AvgIpc) is 2.57. The van der Waals surface area contributed by atoms with Crippen LogP contribution in [-0.2, 0) is 14.8 Å². The molecule has 0 fully saturated rings. The van der Waals surface area contributed by atoms with Crippen molar-refractivity contribution in [1.82, 2.24) is 0 Å². The van der Waals surface area contributed by atoms with E-state index in [1.165, 1.54) is 31.4 Å². The molecule has 0 aliphatic rings. The molecule has 0 atom stereocenters. The lowest BCUT2D eigenvalue weighted by Crippen LogP contribution is -2.13. The van der Waals surface area contributed by atoms with Crippen molar-refractivity contribution >= 4 is 21.4 Å². The summed E-state index contributed by atoms with van der Waals surface area (Å²) in [6, 6.07) is 8.32. The molecule has 25 heavy (non-hydrogen) atoms. The van der Waals surface area contributed by atoms with Crippen LogP contribution in [-0.4, -0.2) is 33.7 Å². The number of benzene rings is 2. The zero-order valence-electron chi connectivity index (χ0n) is 13.1. The Bertz CT molecular complexity index is 855. The van der Waals surface area contributed by atoms with E-state index in [1.807, 2.05) is 0 Å². The number of nitrogens with one attached hydrogen (secondary N) is 1. The van der Waals surface area contributed by atoms with E-state index in [2.05, 4.69) is 4.72 Å². The quantitative estimate of drug-likeness (QED) is 0.435. The van der Waals surface area contributed by atoms with Crippen LogP contribution in [0, 0.1) is 15.9 Å². The molecule has 0 saturated heterocycles. The number of rotatable bonds is 8. The molecule has 0 bridgehead atoms. The second-order valence-corrected chi connectivity index (χ2v) is 6.52. The van der Waals surface area contributed by atoms with Crippen LogP contribution in [0.2, 0.25) is 0 Å². The lowest BCUT2D eigenvalue weighted by Gasteiger charge is -2.09. The molecule has 0 aliphatic heterocycles. The Morgan fingerprint density at radius 2 is 1.84 bits per heavy atom. The highest BCUT2D eigenvalue weighted by atomic mass is 32.2. The number of methoxy groups -OCH3 is 1. The van der Waals surface area contributed by atoms with Gasteiger partial charge in [0.2, 0.25) is 5.82 Å². The first-order valence-corrected chi connectivity index (χ1v) is 8.50. The van der Waals surface area contributed by atoms with Gasteiger partial charge in [0.15, 0.2) is 0 Å². The molecule has 0 unspecified atom stereocenters. The molecule has 2 rings (SSSR count). The van der Waals surface area contributed by atoms with Gasteiger partial charge in [0, 0.05) is 13.2 Å². The van der Waals surface area contributed by atoms with Crippen LogP contribution in [0.5, 0.6) is 5.75 Å². The number of ether oxygens (including phenoxy) is 2. The molecule has 2 aromatic carbocycles. The fourth-order valence-corrected chi connectivity index (χ4v) is 2.94. The van der Waals surface area contributed by atoms with Gasteiger partial charge in [-0.05, 0) is 36.4 Å². The van der Waals surface area contributed by atoms with Gasteiger partial charge in [-0.25, -0.2) is 8.42 Å². The van der Waals surface area contributed by atoms with E-state index in [0.29, 0.717) is 19.0 Å². The van der Waals surface area contributed by atoms with Gasteiger partial charge < -0.3 is 9.47 Å². The summed E-state index contributed by atoms with van der Waals surface area (Å²) in [5.74, 6) is -0.584. The van der Waals surface area contributed by atoms with Crippen LogP contribution in [0.1, 0.15) is 0 Å². The van der Waals surface area contributed by atoms with E-state index < -0.39 is 26.5 Å². The molecular formula is C15H15FN2O6S. The van der Waals surface area contributed by atoms with E-state index >= 15 is 0 Å². The van der Waals surface area contributed by atoms with Crippen molar-refractivity contribution in [2.75, 3.05) is 25.0 Å². The highest BCUT2D eigenvalue weighted by Crippen LogP contribution is 2.24. The Kier molecular flexibility index (Phi) is 5.88. The molecule has 134 valence electrons. The molecule has 0 spiro atoms. The second kappa shape index (κ2) is 7.90. The van der Waals surface area contributed by atoms with E-state index in [1.54, 1.807) is 0 Å². The first-order valence-electron chi connectivity index (χ1n) is 7.02. The van der Waals surface area contributed by atoms with Gasteiger partial charge in [0.1, 0.15) is 12.4 Å². The molecule has 1 N–H and O–H groups in total. The van der Waals surface area contributed by atoms with Crippen LogP contribution >= 0.6 is 0 Å². The Balaban J connectivity index is 2.16. The number of hydrogen-bond acceptors (Lipinski definition) is 6. The van der Waals surface area contributed by atoms with Crippen LogP contribution in [0.4, 0.5) is 15.8 Å². The van der Waals surface area contributed by atoms with Gasteiger partial charge in [-0.2, -0.15) is 4.39 Å². The summed E-state index contributed by atoms with van der Waals surface area (Å²) in [6.45, 7) is 0.713. The van der Waals surface area contributed by atoms with Crippen molar-refractivity contribution in [2.24, 2.45) is 0 Å². The Morgan fingerprint density at radius 1 is 1.16 bits per heavy atom. The molecule has 8 nitrogen and oxygen atoms in total. The number of nitrogens with zero attached hydrogens (tertiary/aromatic N) is 1. The lowest BCUT2D eigenvalue weighted by molar-refractivity contribution is -0.387. The van der Waals surface area contributed by atoms with Crippen LogP contribution in [0.3, 0.4) is 0 Å². The molecular weight excluding hydrogens is 355 g/mol. The molecule has 0 aliphatic carbocycles. The number of sulfonamides is 1. The van der Waals surface area contributed by atoms with E-state index in [0.717, 1.165) is 18.2 Å². The molecule has 2 aromatic rings. The number of hydrogen-bond donors (Lipinski definition) is 1. The lowest BCUT2D eigenvalue weighted by atomic mass is 10.3. The summed E-state index contributed by atoms with van der Waals surface area (Å²) in [6.07, 6.45) is 0. The zero-order valence-corrected chi connectivity index (χ0v) is 14.0. The zero-order chi connectivity index (χ0) is 18.4. The summed E-state index contributed by atoms with van der Waals surface area (Å²) in [7, 11) is -2.45. The van der Waals surface area contributed by atoms with Gasteiger partial charge in [-0.15, -0.1) is 0 Å². The Labute approximate surface area is 143 Å². The Hall–Kier alpha value is -2.72. The molecule has 0 radical (unpaired) electrons. The number of halogens is 1. The van der Waals surface area contributed by atoms with Crippen LogP contribution < -0.4 is 9.46 Å². The minimum absolute atomic E-state index is 0.0708. The van der Waals surface area contributed by atoms with E-state index in [4.69, 9.17) is 9.47 Å². The maximum atomic E-state index is 13.3. The summed E-state index contributed by atoms with van der Waals surface area (Å²) in [4.78, 5) is 9.72. The summed E-state index contributed by atoms with van der Waals surface area (Å²) in [5, 5.41) is 10.7. The number of nitro groups is 1. The fourth-order valence-electron chi connectivity index (χ4n) is 1.89. The predicted molar refractivity (Wildman–Crippen MR) is 87.7 cm³/mol. The molecule has 10 heteroatoms. The van der Waals surface area contributed by atoms with Gasteiger partial charge in [0.25, 0.3) is 10.0 Å². The van der Waals surface area contributed by atoms with Crippen molar-refractivity contribution in [3.8, 4) is 5.75 Å². The van der Waals surface area contributed by atoms with Crippen LogP contribution in [0.25, 0.3) is 0 Å². The van der Waals surface area contributed by atoms with Gasteiger partial charge >= 0.3 is 5.69 Å². The maximum Gasteiger partial charge on any atom is 0.306 e. The predicted octanol–water partition coefficient (Wildman–Crippen LogP) is 2.56. The van der Waals surface area contributed by atoms with Gasteiger partial charge in [0.05, 0.1) is 22.1 Å². The number of anilines is 1. The first kappa shape index (κ1) is 18.6. The summed E-state index contributed by atoms with van der Waals surface area (Å²) < 4.78 is 50.3. The minimum atomic E-state index is -3.99. The summed E-state index contributed by atoms with van der Waals surface area (Å²) in [5.41, 5.74) is -0.935. The SMILES string of the molecule is COCCOc1ccc(S(=O)(=O)Nc2ccc(F)c([N+](=O)[O-])c2)cc1. The molecule has 0 saturated carbocycles. The van der Waals surface area contributed by atoms with Crippen LogP contribution in [0.15, 0.2) is 47.4 Å². The fraction of sp³-hybridized carbons (Fsp3) is 0.200. The topological polar surface area (TPSA) is 108 Å². The minimum Gasteiger partial charge on any atom is -0.491 e. The van der Waals surface area contributed by atoms with Crippen molar-refractivity contribution in [3.63, 3.8) is 0 Å². The van der Waals surface area contributed by atoms with E-state index in [9.17, 15) is 22.9 Å². The molecule has 0 aromatic heterocycles. The third-order valence-corrected chi connectivity index (χ3v) is 4.48. The largest absolute Gasteiger partial charge is 0.491 e. The summed E-state index contributed by atoms with van der Waals surface area (Å²) >= 11 is 0. The standard InChI is InChI=1S/C15H15FN2O6S/c1-23-8-9-24-12-3-5-13(6-4-12)25(21,22)17-11-2-7-14(16)15(10-11)18(19)20/h2-7,10,17H,8-9H2,1H3. The van der Waals surface area contributed by atoms with Gasteiger partial charge in [-0.3, -0.25) is 14.8 Å². The highest BCUT2D eigenvalue weighted by Gasteiger charge is 2.19.